The van der Waals surface area contributed by atoms with Crippen molar-refractivity contribution in [3.8, 4) is 0 Å². The molecule has 0 radical (unpaired) electrons. The number of fused-ring (bicyclic) bond motifs is 1. The summed E-state index contributed by atoms with van der Waals surface area (Å²) in [7, 11) is 0. The minimum atomic E-state index is -0.270. The van der Waals surface area contributed by atoms with E-state index in [4.69, 9.17) is 10.4 Å². The summed E-state index contributed by atoms with van der Waals surface area (Å²) in [5.41, 5.74) is 9.61. The fourth-order valence-corrected chi connectivity index (χ4v) is 1.90. The van der Waals surface area contributed by atoms with Gasteiger partial charge in [0.2, 0.25) is 0 Å². The Morgan fingerprint density at radius 1 is 1.11 bits per heavy atom. The molecule has 0 aliphatic rings. The van der Waals surface area contributed by atoms with Gasteiger partial charge in [0.25, 0.3) is 0 Å². The normalized spacial score (nSPS) is 10.8. The van der Waals surface area contributed by atoms with Gasteiger partial charge < -0.3 is 11.1 Å². The van der Waals surface area contributed by atoms with Crippen LogP contribution in [0, 0.1) is 12.7 Å². The average Bonchev–Trinajstić information content (AvgIpc) is 2.86. The zero-order valence-corrected chi connectivity index (χ0v) is 10.1. The van der Waals surface area contributed by atoms with Crippen LogP contribution in [0.25, 0.3) is 11.0 Å². The molecule has 0 saturated heterocycles. The highest BCUT2D eigenvalue weighted by molar-refractivity contribution is 5.96. The molecule has 0 fully saturated rings. The highest BCUT2D eigenvalue weighted by Crippen LogP contribution is 2.29. The Bertz CT molecular complexity index is 753. The van der Waals surface area contributed by atoms with E-state index in [9.17, 15) is 4.39 Å². The van der Waals surface area contributed by atoms with E-state index in [0.29, 0.717) is 22.4 Å². The molecule has 0 atom stereocenters. The van der Waals surface area contributed by atoms with Gasteiger partial charge in [0.15, 0.2) is 11.0 Å². The molecular formula is C13H11FN4O. The zero-order valence-electron chi connectivity index (χ0n) is 10.1. The van der Waals surface area contributed by atoms with Crippen LogP contribution in [-0.4, -0.2) is 10.3 Å². The lowest BCUT2D eigenvalue weighted by atomic mass is 10.1. The van der Waals surface area contributed by atoms with Crippen molar-refractivity contribution in [1.29, 1.82) is 0 Å². The number of halogens is 1. The Labute approximate surface area is 108 Å². The Morgan fingerprint density at radius 3 is 2.63 bits per heavy atom. The van der Waals surface area contributed by atoms with Gasteiger partial charge in [0.1, 0.15) is 5.82 Å². The third-order valence-corrected chi connectivity index (χ3v) is 2.90. The van der Waals surface area contributed by atoms with E-state index in [1.54, 1.807) is 18.2 Å². The first kappa shape index (κ1) is 11.5. The maximum absolute atomic E-state index is 13.1. The number of nitrogen functional groups attached to an aromatic ring is 1. The third kappa shape index (κ3) is 1.97. The highest BCUT2D eigenvalue weighted by Gasteiger charge is 2.11. The van der Waals surface area contributed by atoms with E-state index >= 15 is 0 Å². The molecule has 0 amide bonds. The summed E-state index contributed by atoms with van der Waals surface area (Å²) in [6.07, 6.45) is 0. The standard InChI is InChI=1S/C13H11FN4O/c1-7-6-8(14)2-4-10(7)16-11-5-3-9(15)12-13(11)18-19-17-12/h2-6,16H,15H2,1H3. The Balaban J connectivity index is 2.06. The average molecular weight is 258 g/mol. The molecule has 5 nitrogen and oxygen atoms in total. The van der Waals surface area contributed by atoms with Crippen LogP contribution in [0.1, 0.15) is 5.56 Å². The van der Waals surface area contributed by atoms with E-state index in [-0.39, 0.29) is 5.82 Å². The molecule has 0 aliphatic carbocycles. The summed E-state index contributed by atoms with van der Waals surface area (Å²) in [5, 5.41) is 10.7. The molecule has 0 bridgehead atoms. The number of aryl methyl sites for hydroxylation is 1. The van der Waals surface area contributed by atoms with Crippen LogP contribution in [0.15, 0.2) is 35.0 Å². The smallest absolute Gasteiger partial charge is 0.160 e. The lowest BCUT2D eigenvalue weighted by Crippen LogP contribution is -1.96. The van der Waals surface area contributed by atoms with E-state index in [1.165, 1.54) is 12.1 Å². The van der Waals surface area contributed by atoms with Crippen molar-refractivity contribution in [2.75, 3.05) is 11.1 Å². The van der Waals surface area contributed by atoms with Gasteiger partial charge >= 0.3 is 0 Å². The number of nitrogens with one attached hydrogen (secondary N) is 1. The molecule has 3 N–H and O–H groups in total. The number of hydrogen-bond acceptors (Lipinski definition) is 5. The number of rotatable bonds is 2. The quantitative estimate of drug-likeness (QED) is 0.691. The summed E-state index contributed by atoms with van der Waals surface area (Å²) >= 11 is 0. The summed E-state index contributed by atoms with van der Waals surface area (Å²) in [4.78, 5) is 0. The Hall–Kier alpha value is -2.63. The topological polar surface area (TPSA) is 77.0 Å². The predicted molar refractivity (Wildman–Crippen MR) is 70.6 cm³/mol. The zero-order chi connectivity index (χ0) is 13.4. The molecule has 3 rings (SSSR count). The summed E-state index contributed by atoms with van der Waals surface area (Å²) in [6.45, 7) is 1.82. The largest absolute Gasteiger partial charge is 0.397 e. The lowest BCUT2D eigenvalue weighted by molar-refractivity contribution is 0.316. The van der Waals surface area contributed by atoms with Crippen LogP contribution >= 0.6 is 0 Å². The number of anilines is 3. The second-order valence-electron chi connectivity index (χ2n) is 4.25. The van der Waals surface area contributed by atoms with Crippen LogP contribution in [0.5, 0.6) is 0 Å². The van der Waals surface area contributed by atoms with Crippen molar-refractivity contribution >= 4 is 28.1 Å². The van der Waals surface area contributed by atoms with Crippen molar-refractivity contribution in [2.45, 2.75) is 6.92 Å². The van der Waals surface area contributed by atoms with E-state index in [0.717, 1.165) is 11.3 Å². The minimum absolute atomic E-state index is 0.270. The van der Waals surface area contributed by atoms with Gasteiger partial charge in [-0.05, 0) is 53.1 Å². The third-order valence-electron chi connectivity index (χ3n) is 2.90. The summed E-state index contributed by atoms with van der Waals surface area (Å²) in [6, 6.07) is 8.02. The second-order valence-corrected chi connectivity index (χ2v) is 4.25. The molecule has 0 unspecified atom stereocenters. The number of hydrogen-bond donors (Lipinski definition) is 2. The fourth-order valence-electron chi connectivity index (χ4n) is 1.90. The first-order chi connectivity index (χ1) is 9.15. The highest BCUT2D eigenvalue weighted by atomic mass is 19.1. The summed E-state index contributed by atoms with van der Waals surface area (Å²) in [5.74, 6) is -0.270. The van der Waals surface area contributed by atoms with Gasteiger partial charge in [0, 0.05) is 5.69 Å². The van der Waals surface area contributed by atoms with E-state index in [2.05, 4.69) is 15.6 Å². The Morgan fingerprint density at radius 2 is 1.84 bits per heavy atom. The SMILES string of the molecule is Cc1cc(F)ccc1Nc1ccc(N)c2nonc12. The number of nitrogens with two attached hydrogens (primary N) is 1. The maximum Gasteiger partial charge on any atom is 0.160 e. The van der Waals surface area contributed by atoms with Crippen LogP contribution < -0.4 is 11.1 Å². The molecule has 3 aromatic rings. The van der Waals surface area contributed by atoms with Crippen molar-refractivity contribution in [2.24, 2.45) is 0 Å². The first-order valence-corrected chi connectivity index (χ1v) is 5.69. The fraction of sp³-hybridized carbons (Fsp3) is 0.0769. The molecule has 0 saturated carbocycles. The van der Waals surface area contributed by atoms with E-state index in [1.807, 2.05) is 6.92 Å². The molecule has 2 aromatic carbocycles. The Kier molecular flexibility index (Phi) is 2.56. The second kappa shape index (κ2) is 4.24. The molecule has 6 heteroatoms. The van der Waals surface area contributed by atoms with Crippen LogP contribution in [0.2, 0.25) is 0 Å². The number of aromatic nitrogens is 2. The molecule has 1 aromatic heterocycles. The van der Waals surface area contributed by atoms with Crippen molar-refractivity contribution < 1.29 is 9.02 Å². The number of nitrogens with zero attached hydrogens (tertiary/aromatic N) is 2. The van der Waals surface area contributed by atoms with Crippen molar-refractivity contribution in [3.63, 3.8) is 0 Å². The van der Waals surface area contributed by atoms with Crippen LogP contribution in [0.3, 0.4) is 0 Å². The first-order valence-electron chi connectivity index (χ1n) is 5.69. The maximum atomic E-state index is 13.1. The monoisotopic (exact) mass is 258 g/mol. The van der Waals surface area contributed by atoms with Gasteiger partial charge in [-0.3, -0.25) is 0 Å². The molecule has 96 valence electrons. The van der Waals surface area contributed by atoms with Crippen LogP contribution in [0.4, 0.5) is 21.5 Å². The molecule has 19 heavy (non-hydrogen) atoms. The van der Waals surface area contributed by atoms with Gasteiger partial charge in [-0.2, -0.15) is 0 Å². The predicted octanol–water partition coefficient (Wildman–Crippen LogP) is 3.00. The minimum Gasteiger partial charge on any atom is -0.397 e. The molecular weight excluding hydrogens is 247 g/mol. The molecule has 1 heterocycles. The van der Waals surface area contributed by atoms with Crippen LogP contribution in [-0.2, 0) is 0 Å². The summed E-state index contributed by atoms with van der Waals surface area (Å²) < 4.78 is 17.8. The van der Waals surface area contributed by atoms with E-state index < -0.39 is 0 Å². The van der Waals surface area contributed by atoms with Gasteiger partial charge in [0.05, 0.1) is 11.4 Å². The number of benzene rings is 2. The molecule has 0 spiro atoms. The van der Waals surface area contributed by atoms with Gasteiger partial charge in [-0.15, -0.1) is 0 Å². The van der Waals surface area contributed by atoms with Crippen molar-refractivity contribution in [1.82, 2.24) is 10.3 Å². The molecule has 0 aliphatic heterocycles. The van der Waals surface area contributed by atoms with Gasteiger partial charge in [-0.1, -0.05) is 0 Å². The lowest BCUT2D eigenvalue weighted by Gasteiger charge is -2.09. The van der Waals surface area contributed by atoms with Gasteiger partial charge in [-0.25, -0.2) is 9.02 Å². The van der Waals surface area contributed by atoms with Crippen molar-refractivity contribution in [3.05, 3.63) is 41.7 Å².